The number of nitrogens with two attached hydrogens (primary N) is 1. The molecule has 0 spiro atoms. The Morgan fingerprint density at radius 2 is 2.05 bits per heavy atom. The molecular formula is C12H9BrFNO4S2. The summed E-state index contributed by atoms with van der Waals surface area (Å²) in [4.78, 5) is 11.0. The number of hydrogen-bond acceptors (Lipinski definition) is 5. The third kappa shape index (κ3) is 3.60. The summed E-state index contributed by atoms with van der Waals surface area (Å²) in [5, 5.41) is 0. The van der Waals surface area contributed by atoms with E-state index in [1.165, 1.54) is 24.3 Å². The lowest BCUT2D eigenvalue weighted by Gasteiger charge is -2.03. The Morgan fingerprint density at radius 3 is 2.67 bits per heavy atom. The molecule has 112 valence electrons. The average molecular weight is 394 g/mol. The van der Waals surface area contributed by atoms with Crippen molar-refractivity contribution >= 4 is 43.2 Å². The second-order valence-electron chi connectivity index (χ2n) is 3.91. The molecule has 0 saturated heterocycles. The molecule has 21 heavy (non-hydrogen) atoms. The van der Waals surface area contributed by atoms with Crippen molar-refractivity contribution in [1.29, 1.82) is 0 Å². The maximum atomic E-state index is 13.2. The molecule has 0 aliphatic rings. The minimum Gasteiger partial charge on any atom is -0.444 e. The fourth-order valence-corrected chi connectivity index (χ4v) is 4.71. The SMILES string of the molecule is NC(=O)OCc1ccc(S(=O)(=O)c2ccc(F)c(Br)c2)s1. The van der Waals surface area contributed by atoms with Crippen molar-refractivity contribution < 1.29 is 22.3 Å². The quantitative estimate of drug-likeness (QED) is 0.808. The molecule has 1 aromatic carbocycles. The van der Waals surface area contributed by atoms with E-state index in [9.17, 15) is 17.6 Å². The van der Waals surface area contributed by atoms with Crippen molar-refractivity contribution in [3.05, 3.63) is 45.5 Å². The van der Waals surface area contributed by atoms with Gasteiger partial charge in [-0.3, -0.25) is 0 Å². The predicted molar refractivity (Wildman–Crippen MR) is 78.2 cm³/mol. The number of rotatable bonds is 4. The second-order valence-corrected chi connectivity index (χ2v) is 8.11. The van der Waals surface area contributed by atoms with Gasteiger partial charge in [0.05, 0.1) is 9.37 Å². The van der Waals surface area contributed by atoms with Gasteiger partial charge >= 0.3 is 6.09 Å². The van der Waals surface area contributed by atoms with Gasteiger partial charge < -0.3 is 10.5 Å². The molecule has 0 saturated carbocycles. The summed E-state index contributed by atoms with van der Waals surface area (Å²) in [7, 11) is -3.75. The molecule has 0 radical (unpaired) electrons. The third-order valence-electron chi connectivity index (χ3n) is 2.46. The van der Waals surface area contributed by atoms with Gasteiger partial charge in [0, 0.05) is 4.88 Å². The van der Waals surface area contributed by atoms with E-state index in [4.69, 9.17) is 5.73 Å². The Morgan fingerprint density at radius 1 is 1.33 bits per heavy atom. The summed E-state index contributed by atoms with van der Waals surface area (Å²) in [6, 6.07) is 6.39. The van der Waals surface area contributed by atoms with Gasteiger partial charge in [-0.15, -0.1) is 11.3 Å². The van der Waals surface area contributed by atoms with Crippen LogP contribution in [0.5, 0.6) is 0 Å². The van der Waals surface area contributed by atoms with Crippen molar-refractivity contribution in [1.82, 2.24) is 0 Å². The van der Waals surface area contributed by atoms with Crippen LogP contribution in [-0.2, 0) is 21.2 Å². The Kier molecular flexibility index (Phi) is 4.64. The van der Waals surface area contributed by atoms with Gasteiger partial charge in [0.2, 0.25) is 9.84 Å². The number of halogens is 2. The van der Waals surface area contributed by atoms with Gasteiger partial charge in [-0.1, -0.05) is 0 Å². The first-order chi connectivity index (χ1) is 9.80. The van der Waals surface area contributed by atoms with Gasteiger partial charge in [-0.2, -0.15) is 0 Å². The fraction of sp³-hybridized carbons (Fsp3) is 0.0833. The molecule has 0 unspecified atom stereocenters. The fourth-order valence-electron chi connectivity index (χ4n) is 1.48. The van der Waals surface area contributed by atoms with Crippen LogP contribution in [0.3, 0.4) is 0 Å². The Hall–Kier alpha value is -1.45. The monoisotopic (exact) mass is 393 g/mol. The highest BCUT2D eigenvalue weighted by Gasteiger charge is 2.21. The van der Waals surface area contributed by atoms with E-state index in [1.54, 1.807) is 0 Å². The predicted octanol–water partition coefficient (Wildman–Crippen LogP) is 3.08. The Balaban J connectivity index is 2.31. The highest BCUT2D eigenvalue weighted by Crippen LogP contribution is 2.30. The van der Waals surface area contributed by atoms with Crippen LogP contribution in [0.4, 0.5) is 9.18 Å². The molecule has 2 rings (SSSR count). The molecule has 1 aromatic heterocycles. The zero-order valence-electron chi connectivity index (χ0n) is 10.4. The number of thiophene rings is 1. The van der Waals surface area contributed by atoms with Gasteiger partial charge in [0.25, 0.3) is 0 Å². The molecular weight excluding hydrogens is 385 g/mol. The van der Waals surface area contributed by atoms with Gasteiger partial charge in [-0.25, -0.2) is 17.6 Å². The van der Waals surface area contributed by atoms with Crippen LogP contribution < -0.4 is 5.73 Å². The number of carbonyl (C=O) groups excluding carboxylic acids is 1. The van der Waals surface area contributed by atoms with Crippen molar-refractivity contribution in [3.63, 3.8) is 0 Å². The van der Waals surface area contributed by atoms with Crippen LogP contribution in [0.1, 0.15) is 4.88 Å². The van der Waals surface area contributed by atoms with Crippen molar-refractivity contribution in [3.8, 4) is 0 Å². The van der Waals surface area contributed by atoms with Crippen LogP contribution in [0.15, 0.2) is 43.9 Å². The largest absolute Gasteiger partial charge is 0.444 e. The van der Waals surface area contributed by atoms with E-state index >= 15 is 0 Å². The van der Waals surface area contributed by atoms with Crippen molar-refractivity contribution in [2.75, 3.05) is 0 Å². The second kappa shape index (κ2) is 6.12. The number of amides is 1. The lowest BCUT2D eigenvalue weighted by Crippen LogP contribution is -2.12. The van der Waals surface area contributed by atoms with Crippen molar-refractivity contribution in [2.24, 2.45) is 5.73 Å². The molecule has 0 aliphatic heterocycles. The standard InChI is InChI=1S/C12H9BrFNO4S2/c13-9-5-8(2-3-10(9)14)21(17,18)11-4-1-7(20-11)6-19-12(15)16/h1-5H,6H2,(H2,15,16). The van der Waals surface area contributed by atoms with Crippen LogP contribution in [0, 0.1) is 5.82 Å². The molecule has 2 aromatic rings. The third-order valence-corrected chi connectivity index (χ3v) is 6.37. The maximum absolute atomic E-state index is 13.2. The Bertz CT molecular complexity index is 788. The first-order valence-corrected chi connectivity index (χ1v) is 8.61. The average Bonchev–Trinajstić information content (AvgIpc) is 2.89. The molecule has 0 aliphatic carbocycles. The lowest BCUT2D eigenvalue weighted by molar-refractivity contribution is 0.151. The summed E-state index contributed by atoms with van der Waals surface area (Å²) in [6.45, 7) is -0.0946. The van der Waals surface area contributed by atoms with Gasteiger partial charge in [0.1, 0.15) is 16.6 Å². The molecule has 1 amide bonds. The molecule has 0 bridgehead atoms. The number of hydrogen-bond donors (Lipinski definition) is 1. The topological polar surface area (TPSA) is 86.5 Å². The van der Waals surface area contributed by atoms with Gasteiger partial charge in [-0.05, 0) is 46.3 Å². The smallest absolute Gasteiger partial charge is 0.404 e. The molecule has 9 heteroatoms. The molecule has 0 fully saturated rings. The Labute approximate surface area is 132 Å². The van der Waals surface area contributed by atoms with E-state index in [0.29, 0.717) is 4.88 Å². The van der Waals surface area contributed by atoms with E-state index in [1.807, 2.05) is 0 Å². The number of sulfone groups is 1. The zero-order valence-corrected chi connectivity index (χ0v) is 13.6. The summed E-state index contributed by atoms with van der Waals surface area (Å²) >= 11 is 3.91. The van der Waals surface area contributed by atoms with E-state index in [2.05, 4.69) is 20.7 Å². The highest BCUT2D eigenvalue weighted by atomic mass is 79.9. The minimum absolute atomic E-state index is 0.0278. The number of ether oxygens (including phenoxy) is 1. The number of carbonyl (C=O) groups is 1. The van der Waals surface area contributed by atoms with Crippen LogP contribution in [0.25, 0.3) is 0 Å². The van der Waals surface area contributed by atoms with Crippen LogP contribution >= 0.6 is 27.3 Å². The molecule has 0 atom stereocenters. The number of benzene rings is 1. The first kappa shape index (κ1) is 15.9. The molecule has 1 heterocycles. The van der Waals surface area contributed by atoms with Gasteiger partial charge in [0.15, 0.2) is 0 Å². The summed E-state index contributed by atoms with van der Waals surface area (Å²) in [5.41, 5.74) is 4.84. The summed E-state index contributed by atoms with van der Waals surface area (Å²) < 4.78 is 42.7. The molecule has 5 nitrogen and oxygen atoms in total. The van der Waals surface area contributed by atoms with E-state index in [-0.39, 0.29) is 20.2 Å². The molecule has 2 N–H and O–H groups in total. The summed E-state index contributed by atoms with van der Waals surface area (Å²) in [6.07, 6.45) is -0.935. The van der Waals surface area contributed by atoms with Crippen LogP contribution in [-0.4, -0.2) is 14.5 Å². The highest BCUT2D eigenvalue weighted by molar-refractivity contribution is 9.10. The maximum Gasteiger partial charge on any atom is 0.404 e. The first-order valence-electron chi connectivity index (χ1n) is 5.52. The zero-order chi connectivity index (χ0) is 15.6. The normalized spacial score (nSPS) is 11.3. The van der Waals surface area contributed by atoms with E-state index < -0.39 is 21.7 Å². The van der Waals surface area contributed by atoms with Crippen LogP contribution in [0.2, 0.25) is 0 Å². The minimum atomic E-state index is -3.75. The lowest BCUT2D eigenvalue weighted by atomic mass is 10.3. The van der Waals surface area contributed by atoms with E-state index in [0.717, 1.165) is 17.4 Å². The van der Waals surface area contributed by atoms with Crippen molar-refractivity contribution in [2.45, 2.75) is 15.7 Å². The number of primary amides is 1. The summed E-state index contributed by atoms with van der Waals surface area (Å²) in [5.74, 6) is -0.546.